The molecule has 0 bridgehead atoms. The van der Waals surface area contributed by atoms with Crippen molar-refractivity contribution in [3.8, 4) is 0 Å². The molecular weight excluding hydrogens is 238 g/mol. The summed E-state index contributed by atoms with van der Waals surface area (Å²) in [6.45, 7) is 3.22. The molecule has 19 heavy (non-hydrogen) atoms. The van der Waals surface area contributed by atoms with Gasteiger partial charge in [0.2, 0.25) is 0 Å². The van der Waals surface area contributed by atoms with E-state index >= 15 is 0 Å². The molecule has 1 saturated heterocycles. The van der Waals surface area contributed by atoms with Crippen LogP contribution < -0.4 is 11.1 Å². The highest BCUT2D eigenvalue weighted by Gasteiger charge is 2.30. The fourth-order valence-electron chi connectivity index (χ4n) is 2.75. The molecule has 0 saturated carbocycles. The maximum atomic E-state index is 12.3. The van der Waals surface area contributed by atoms with Crippen LogP contribution in [0.1, 0.15) is 31.7 Å². The van der Waals surface area contributed by atoms with E-state index in [2.05, 4.69) is 12.2 Å². The van der Waals surface area contributed by atoms with Gasteiger partial charge >= 0.3 is 6.03 Å². The number of nitrogens with two attached hydrogens (primary N) is 1. The second kappa shape index (κ2) is 6.57. The number of rotatable bonds is 3. The molecule has 1 heterocycles. The molecule has 2 atom stereocenters. The third-order valence-corrected chi connectivity index (χ3v) is 3.82. The molecule has 3 N–H and O–H groups in total. The summed E-state index contributed by atoms with van der Waals surface area (Å²) in [4.78, 5) is 14.2. The Morgan fingerprint density at radius 1 is 1.37 bits per heavy atom. The first-order valence-electron chi connectivity index (χ1n) is 7.02. The zero-order chi connectivity index (χ0) is 13.7. The Balaban J connectivity index is 1.94. The monoisotopic (exact) mass is 261 g/mol. The van der Waals surface area contributed by atoms with Crippen LogP contribution in [0.2, 0.25) is 0 Å². The van der Waals surface area contributed by atoms with E-state index < -0.39 is 0 Å². The maximum Gasteiger partial charge on any atom is 0.318 e. The lowest BCUT2D eigenvalue weighted by Crippen LogP contribution is -2.55. The fourth-order valence-corrected chi connectivity index (χ4v) is 2.75. The highest BCUT2D eigenvalue weighted by atomic mass is 16.2. The Kier molecular flexibility index (Phi) is 4.80. The van der Waals surface area contributed by atoms with Gasteiger partial charge in [0.05, 0.1) is 0 Å². The van der Waals surface area contributed by atoms with Crippen molar-refractivity contribution in [1.82, 2.24) is 10.2 Å². The number of benzene rings is 1. The quantitative estimate of drug-likeness (QED) is 0.875. The lowest BCUT2D eigenvalue weighted by Gasteiger charge is -2.40. The molecule has 1 fully saturated rings. The first kappa shape index (κ1) is 13.9. The maximum absolute atomic E-state index is 12.3. The number of piperidine rings is 1. The van der Waals surface area contributed by atoms with Crippen LogP contribution in [0, 0.1) is 0 Å². The molecule has 0 spiro atoms. The third-order valence-electron chi connectivity index (χ3n) is 3.82. The van der Waals surface area contributed by atoms with Gasteiger partial charge in [0.25, 0.3) is 0 Å². The van der Waals surface area contributed by atoms with Gasteiger partial charge in [0.15, 0.2) is 0 Å². The van der Waals surface area contributed by atoms with Crippen LogP contribution in [0.5, 0.6) is 0 Å². The van der Waals surface area contributed by atoms with E-state index in [-0.39, 0.29) is 18.1 Å². The highest BCUT2D eigenvalue weighted by Crippen LogP contribution is 2.22. The SMILES string of the molecule is CC1CCCC(CN)N1C(=O)NCc1ccccc1. The zero-order valence-corrected chi connectivity index (χ0v) is 11.5. The summed E-state index contributed by atoms with van der Waals surface area (Å²) < 4.78 is 0. The van der Waals surface area contributed by atoms with Gasteiger partial charge in [-0.25, -0.2) is 4.79 Å². The standard InChI is InChI=1S/C15H23N3O/c1-12-6-5-9-14(10-16)18(12)15(19)17-11-13-7-3-2-4-8-13/h2-4,7-8,12,14H,5-6,9-11,16H2,1H3,(H,17,19). The largest absolute Gasteiger partial charge is 0.334 e. The molecule has 4 nitrogen and oxygen atoms in total. The van der Waals surface area contributed by atoms with Crippen LogP contribution in [0.4, 0.5) is 4.79 Å². The summed E-state index contributed by atoms with van der Waals surface area (Å²) in [5.74, 6) is 0. The van der Waals surface area contributed by atoms with E-state index in [1.807, 2.05) is 35.2 Å². The number of nitrogens with one attached hydrogen (secondary N) is 1. The summed E-state index contributed by atoms with van der Waals surface area (Å²) in [7, 11) is 0. The predicted octanol–water partition coefficient (Wildman–Crippen LogP) is 2.10. The average molecular weight is 261 g/mol. The summed E-state index contributed by atoms with van der Waals surface area (Å²) in [6, 6.07) is 10.4. The molecule has 104 valence electrons. The van der Waals surface area contributed by atoms with E-state index in [1.165, 1.54) is 0 Å². The topological polar surface area (TPSA) is 58.4 Å². The number of carbonyl (C=O) groups excluding carboxylic acids is 1. The molecule has 0 radical (unpaired) electrons. The molecule has 4 heteroatoms. The summed E-state index contributed by atoms with van der Waals surface area (Å²) in [5, 5.41) is 2.99. The van der Waals surface area contributed by atoms with Crippen LogP contribution in [0.25, 0.3) is 0 Å². The van der Waals surface area contributed by atoms with Crippen LogP contribution in [0.15, 0.2) is 30.3 Å². The Morgan fingerprint density at radius 3 is 2.79 bits per heavy atom. The van der Waals surface area contributed by atoms with Crippen molar-refractivity contribution in [2.75, 3.05) is 6.54 Å². The van der Waals surface area contributed by atoms with Gasteiger partial charge in [-0.1, -0.05) is 30.3 Å². The number of amides is 2. The second-order valence-electron chi connectivity index (χ2n) is 5.22. The van der Waals surface area contributed by atoms with Gasteiger partial charge in [-0.05, 0) is 31.7 Å². The van der Waals surface area contributed by atoms with Crippen molar-refractivity contribution in [2.24, 2.45) is 5.73 Å². The summed E-state index contributed by atoms with van der Waals surface area (Å²) >= 11 is 0. The van der Waals surface area contributed by atoms with E-state index in [9.17, 15) is 4.79 Å². The van der Waals surface area contributed by atoms with E-state index in [1.54, 1.807) is 0 Å². The predicted molar refractivity (Wildman–Crippen MR) is 76.7 cm³/mol. The first-order chi connectivity index (χ1) is 9.22. The minimum atomic E-state index is 0.00602. The van der Waals surface area contributed by atoms with Crippen molar-refractivity contribution in [1.29, 1.82) is 0 Å². The zero-order valence-electron chi connectivity index (χ0n) is 11.5. The van der Waals surface area contributed by atoms with E-state index in [0.717, 1.165) is 24.8 Å². The van der Waals surface area contributed by atoms with Crippen LogP contribution >= 0.6 is 0 Å². The Hall–Kier alpha value is -1.55. The molecule has 1 aromatic rings. The normalized spacial score (nSPS) is 23.2. The van der Waals surface area contributed by atoms with Crippen molar-refractivity contribution >= 4 is 6.03 Å². The lowest BCUT2D eigenvalue weighted by molar-refractivity contribution is 0.118. The first-order valence-corrected chi connectivity index (χ1v) is 7.02. The van der Waals surface area contributed by atoms with Crippen LogP contribution in [-0.4, -0.2) is 29.6 Å². The van der Waals surface area contributed by atoms with Gasteiger partial charge in [0, 0.05) is 25.2 Å². The van der Waals surface area contributed by atoms with Gasteiger partial charge in [-0.3, -0.25) is 0 Å². The third kappa shape index (κ3) is 3.47. The van der Waals surface area contributed by atoms with Crippen LogP contribution in [-0.2, 0) is 6.54 Å². The van der Waals surface area contributed by atoms with Gasteiger partial charge in [-0.2, -0.15) is 0 Å². The number of carbonyl (C=O) groups is 1. The van der Waals surface area contributed by atoms with Gasteiger partial charge in [-0.15, -0.1) is 0 Å². The smallest absolute Gasteiger partial charge is 0.318 e. The molecule has 0 aromatic heterocycles. The van der Waals surface area contributed by atoms with E-state index in [4.69, 9.17) is 5.73 Å². The van der Waals surface area contributed by atoms with Gasteiger partial charge < -0.3 is 16.0 Å². The molecule has 1 aromatic carbocycles. The molecule has 1 aliphatic heterocycles. The van der Waals surface area contributed by atoms with Crippen molar-refractivity contribution in [2.45, 2.75) is 44.8 Å². The number of urea groups is 1. The molecule has 2 unspecified atom stereocenters. The average Bonchev–Trinajstić information content (AvgIpc) is 2.45. The molecule has 0 aliphatic carbocycles. The van der Waals surface area contributed by atoms with E-state index in [0.29, 0.717) is 13.1 Å². The summed E-state index contributed by atoms with van der Waals surface area (Å²) in [5.41, 5.74) is 6.89. The van der Waals surface area contributed by atoms with Crippen molar-refractivity contribution < 1.29 is 4.79 Å². The Morgan fingerprint density at radius 2 is 2.11 bits per heavy atom. The molecule has 1 aliphatic rings. The lowest BCUT2D eigenvalue weighted by atomic mass is 9.97. The van der Waals surface area contributed by atoms with Crippen molar-refractivity contribution in [3.05, 3.63) is 35.9 Å². The number of nitrogens with zero attached hydrogens (tertiary/aromatic N) is 1. The number of likely N-dealkylation sites (tertiary alicyclic amines) is 1. The molecule has 2 amide bonds. The minimum absolute atomic E-state index is 0.00602. The van der Waals surface area contributed by atoms with Crippen LogP contribution in [0.3, 0.4) is 0 Å². The summed E-state index contributed by atoms with van der Waals surface area (Å²) in [6.07, 6.45) is 3.24. The Labute approximate surface area is 115 Å². The highest BCUT2D eigenvalue weighted by molar-refractivity contribution is 5.75. The van der Waals surface area contributed by atoms with Gasteiger partial charge in [0.1, 0.15) is 0 Å². The molecular formula is C15H23N3O. The number of hydrogen-bond donors (Lipinski definition) is 2. The minimum Gasteiger partial charge on any atom is -0.334 e. The fraction of sp³-hybridized carbons (Fsp3) is 0.533. The van der Waals surface area contributed by atoms with Crippen molar-refractivity contribution in [3.63, 3.8) is 0 Å². The second-order valence-corrected chi connectivity index (χ2v) is 5.22. The number of hydrogen-bond acceptors (Lipinski definition) is 2. The molecule has 2 rings (SSSR count). The Bertz CT molecular complexity index is 407.